The van der Waals surface area contributed by atoms with E-state index >= 15 is 0 Å². The monoisotopic (exact) mass is 290 g/mol. The summed E-state index contributed by atoms with van der Waals surface area (Å²) in [6, 6.07) is 0. The smallest absolute Gasteiger partial charge is 0.320 e. The van der Waals surface area contributed by atoms with Gasteiger partial charge in [0.2, 0.25) is 0 Å². The van der Waals surface area contributed by atoms with Crippen LogP contribution in [0.5, 0.6) is 0 Å². The van der Waals surface area contributed by atoms with Crippen molar-refractivity contribution in [3.63, 3.8) is 0 Å². The van der Waals surface area contributed by atoms with Crippen LogP contribution in [0.3, 0.4) is 0 Å². The Morgan fingerprint density at radius 3 is 1.85 bits per heavy atom. The molecular formula is C14H26O6. The molecule has 0 aliphatic heterocycles. The predicted octanol–water partition coefficient (Wildman–Crippen LogP) is 1.03. The SMILES string of the molecule is CCCCCCCC(C(=O)OCCO)C(=O)OCCO. The third kappa shape index (κ3) is 8.87. The van der Waals surface area contributed by atoms with E-state index in [0.29, 0.717) is 6.42 Å². The number of esters is 2. The number of hydrogen-bond acceptors (Lipinski definition) is 6. The number of carbonyl (C=O) groups is 2. The minimum absolute atomic E-state index is 0.127. The second-order valence-electron chi connectivity index (χ2n) is 4.54. The molecule has 0 unspecified atom stereocenters. The Kier molecular flexibility index (Phi) is 12.1. The Balaban J connectivity index is 4.23. The van der Waals surface area contributed by atoms with Crippen molar-refractivity contribution in [1.82, 2.24) is 0 Å². The van der Waals surface area contributed by atoms with E-state index in [4.69, 9.17) is 19.7 Å². The number of unbranched alkanes of at least 4 members (excludes halogenated alkanes) is 4. The molecule has 20 heavy (non-hydrogen) atoms. The van der Waals surface area contributed by atoms with E-state index in [1.54, 1.807) is 0 Å². The minimum Gasteiger partial charge on any atom is -0.463 e. The molecule has 0 aliphatic carbocycles. The van der Waals surface area contributed by atoms with Gasteiger partial charge in [0.25, 0.3) is 0 Å². The molecule has 0 bridgehead atoms. The first-order chi connectivity index (χ1) is 9.67. The van der Waals surface area contributed by atoms with Gasteiger partial charge < -0.3 is 19.7 Å². The zero-order chi connectivity index (χ0) is 15.2. The molecule has 0 aliphatic rings. The van der Waals surface area contributed by atoms with Crippen molar-refractivity contribution in [3.05, 3.63) is 0 Å². The van der Waals surface area contributed by atoms with Crippen molar-refractivity contribution < 1.29 is 29.3 Å². The van der Waals surface area contributed by atoms with Crippen LogP contribution in [0.25, 0.3) is 0 Å². The molecule has 6 nitrogen and oxygen atoms in total. The van der Waals surface area contributed by atoms with Crippen LogP contribution >= 0.6 is 0 Å². The highest BCUT2D eigenvalue weighted by Gasteiger charge is 2.29. The molecule has 0 amide bonds. The lowest BCUT2D eigenvalue weighted by Gasteiger charge is -2.14. The van der Waals surface area contributed by atoms with E-state index in [2.05, 4.69) is 6.92 Å². The average molecular weight is 290 g/mol. The fourth-order valence-electron chi connectivity index (χ4n) is 1.78. The fraction of sp³-hybridized carbons (Fsp3) is 0.857. The Labute approximate surface area is 120 Å². The zero-order valence-corrected chi connectivity index (χ0v) is 12.2. The highest BCUT2D eigenvalue weighted by atomic mass is 16.6. The lowest BCUT2D eigenvalue weighted by Crippen LogP contribution is -2.29. The maximum absolute atomic E-state index is 11.7. The largest absolute Gasteiger partial charge is 0.463 e. The summed E-state index contributed by atoms with van der Waals surface area (Å²) in [4.78, 5) is 23.5. The lowest BCUT2D eigenvalue weighted by molar-refractivity contribution is -0.163. The number of rotatable bonds is 12. The molecule has 0 heterocycles. The van der Waals surface area contributed by atoms with Crippen LogP contribution in [-0.2, 0) is 19.1 Å². The van der Waals surface area contributed by atoms with Crippen molar-refractivity contribution in [3.8, 4) is 0 Å². The summed E-state index contributed by atoms with van der Waals surface area (Å²) in [5.74, 6) is -2.30. The van der Waals surface area contributed by atoms with Gasteiger partial charge in [-0.2, -0.15) is 0 Å². The van der Waals surface area contributed by atoms with Gasteiger partial charge in [-0.15, -0.1) is 0 Å². The first-order valence-electron chi connectivity index (χ1n) is 7.22. The Morgan fingerprint density at radius 2 is 1.40 bits per heavy atom. The maximum atomic E-state index is 11.7. The summed E-state index contributed by atoms with van der Waals surface area (Å²) in [5.41, 5.74) is 0. The molecule has 118 valence electrons. The Hall–Kier alpha value is -1.14. The third-order valence-corrected chi connectivity index (χ3v) is 2.84. The topological polar surface area (TPSA) is 93.1 Å². The summed E-state index contributed by atoms with van der Waals surface area (Å²) < 4.78 is 9.56. The van der Waals surface area contributed by atoms with Crippen molar-refractivity contribution in [2.24, 2.45) is 5.92 Å². The first-order valence-corrected chi connectivity index (χ1v) is 7.22. The number of carbonyl (C=O) groups excluding carboxylic acids is 2. The van der Waals surface area contributed by atoms with E-state index in [-0.39, 0.29) is 26.4 Å². The van der Waals surface area contributed by atoms with Gasteiger partial charge in [-0.3, -0.25) is 9.59 Å². The number of ether oxygens (including phenoxy) is 2. The molecule has 0 atom stereocenters. The normalized spacial score (nSPS) is 10.6. The van der Waals surface area contributed by atoms with E-state index < -0.39 is 17.9 Å². The summed E-state index contributed by atoms with van der Waals surface area (Å²) >= 11 is 0. The van der Waals surface area contributed by atoms with Crippen LogP contribution < -0.4 is 0 Å². The Bertz CT molecular complexity index is 246. The quantitative estimate of drug-likeness (QED) is 0.317. The number of aliphatic hydroxyl groups is 2. The second-order valence-corrected chi connectivity index (χ2v) is 4.54. The molecule has 0 aromatic heterocycles. The molecule has 0 saturated carbocycles. The molecule has 0 saturated heterocycles. The summed E-state index contributed by atoms with van der Waals surface area (Å²) in [5, 5.41) is 17.2. The van der Waals surface area contributed by atoms with Gasteiger partial charge in [0.05, 0.1) is 13.2 Å². The highest BCUT2D eigenvalue weighted by molar-refractivity contribution is 5.94. The number of aliphatic hydroxyl groups excluding tert-OH is 2. The van der Waals surface area contributed by atoms with E-state index in [1.807, 2.05) is 0 Å². The van der Waals surface area contributed by atoms with E-state index in [0.717, 1.165) is 32.1 Å². The second kappa shape index (κ2) is 12.9. The highest BCUT2D eigenvalue weighted by Crippen LogP contribution is 2.15. The average Bonchev–Trinajstić information content (AvgIpc) is 2.46. The maximum Gasteiger partial charge on any atom is 0.320 e. The van der Waals surface area contributed by atoms with Crippen LogP contribution in [-0.4, -0.2) is 48.6 Å². The molecule has 0 spiro atoms. The standard InChI is InChI=1S/C14H26O6/c1-2-3-4-5-6-7-12(13(17)19-10-8-15)14(18)20-11-9-16/h12,15-16H,2-11H2,1H3. The number of hydrogen-bond donors (Lipinski definition) is 2. The molecule has 0 radical (unpaired) electrons. The summed E-state index contributed by atoms with van der Waals surface area (Å²) in [6.07, 6.45) is 5.39. The van der Waals surface area contributed by atoms with E-state index in [1.165, 1.54) is 0 Å². The van der Waals surface area contributed by atoms with Gasteiger partial charge in [-0.25, -0.2) is 0 Å². The van der Waals surface area contributed by atoms with Gasteiger partial charge in [-0.1, -0.05) is 39.0 Å². The van der Waals surface area contributed by atoms with E-state index in [9.17, 15) is 9.59 Å². The van der Waals surface area contributed by atoms with Crippen molar-refractivity contribution in [1.29, 1.82) is 0 Å². The minimum atomic E-state index is -0.963. The fourth-order valence-corrected chi connectivity index (χ4v) is 1.78. The summed E-state index contributed by atoms with van der Waals surface area (Å²) in [7, 11) is 0. The molecule has 0 aromatic carbocycles. The summed E-state index contributed by atoms with van der Waals surface area (Å²) in [6.45, 7) is 1.31. The molecule has 6 heteroatoms. The van der Waals surface area contributed by atoms with Gasteiger partial charge >= 0.3 is 11.9 Å². The van der Waals surface area contributed by atoms with Gasteiger partial charge in [0.15, 0.2) is 5.92 Å². The third-order valence-electron chi connectivity index (χ3n) is 2.84. The van der Waals surface area contributed by atoms with Crippen LogP contribution in [0, 0.1) is 5.92 Å². The van der Waals surface area contributed by atoms with Gasteiger partial charge in [-0.05, 0) is 6.42 Å². The molecule has 0 rings (SSSR count). The molecular weight excluding hydrogens is 264 g/mol. The Morgan fingerprint density at radius 1 is 0.900 bits per heavy atom. The van der Waals surface area contributed by atoms with Crippen molar-refractivity contribution >= 4 is 11.9 Å². The van der Waals surface area contributed by atoms with Gasteiger partial charge in [0, 0.05) is 0 Å². The van der Waals surface area contributed by atoms with Crippen LogP contribution in [0.1, 0.15) is 45.4 Å². The van der Waals surface area contributed by atoms with Crippen LogP contribution in [0.2, 0.25) is 0 Å². The predicted molar refractivity (Wildman–Crippen MR) is 73.0 cm³/mol. The lowest BCUT2D eigenvalue weighted by atomic mass is 10.0. The molecule has 2 N–H and O–H groups in total. The van der Waals surface area contributed by atoms with Crippen molar-refractivity contribution in [2.45, 2.75) is 45.4 Å². The molecule has 0 aromatic rings. The van der Waals surface area contributed by atoms with Gasteiger partial charge in [0.1, 0.15) is 13.2 Å². The van der Waals surface area contributed by atoms with Crippen molar-refractivity contribution in [2.75, 3.05) is 26.4 Å². The van der Waals surface area contributed by atoms with Crippen LogP contribution in [0.15, 0.2) is 0 Å². The first kappa shape index (κ1) is 18.9. The van der Waals surface area contributed by atoms with Crippen LogP contribution in [0.4, 0.5) is 0 Å². The zero-order valence-electron chi connectivity index (χ0n) is 12.2. The molecule has 0 fully saturated rings.